The summed E-state index contributed by atoms with van der Waals surface area (Å²) in [6.45, 7) is 3.06. The summed E-state index contributed by atoms with van der Waals surface area (Å²) in [5, 5.41) is 9.53. The summed E-state index contributed by atoms with van der Waals surface area (Å²) in [7, 11) is 0. The fourth-order valence-corrected chi connectivity index (χ4v) is 4.53. The number of aromatic hydroxyl groups is 1. The van der Waals surface area contributed by atoms with Crippen LogP contribution in [0.1, 0.15) is 48.5 Å². The molecule has 0 spiro atoms. The molecule has 1 aliphatic carbocycles. The first-order chi connectivity index (χ1) is 13.9. The standard InChI is InChI=1S/C23H25F2NO3/c1-14(29-19-4-2-3-18(24)10-19)16-7-5-15(6-8-16)12-26-13-17-9-21(25)22(27)11-20(17)23(26)28/h2-4,9-11,14-16,27H,5-8,12-13H2,1H3/t14?,15-,16-. The molecule has 0 bridgehead atoms. The van der Waals surface area contributed by atoms with Gasteiger partial charge in [0, 0.05) is 24.7 Å². The molecule has 29 heavy (non-hydrogen) atoms. The quantitative estimate of drug-likeness (QED) is 0.775. The molecule has 6 heteroatoms. The van der Waals surface area contributed by atoms with Crippen LogP contribution in [0, 0.1) is 23.5 Å². The highest BCUT2D eigenvalue weighted by Crippen LogP contribution is 2.35. The number of benzene rings is 2. The molecule has 1 heterocycles. The number of hydrogen-bond acceptors (Lipinski definition) is 3. The summed E-state index contributed by atoms with van der Waals surface area (Å²) in [6.07, 6.45) is 3.96. The molecule has 4 nitrogen and oxygen atoms in total. The SMILES string of the molecule is CC(Oc1cccc(F)c1)[C@H]1CC[C@H](CN2Cc3cc(F)c(O)cc3C2=O)CC1. The lowest BCUT2D eigenvalue weighted by Crippen LogP contribution is -2.34. The molecule has 0 aromatic heterocycles. The minimum atomic E-state index is -0.689. The summed E-state index contributed by atoms with van der Waals surface area (Å²) in [4.78, 5) is 14.3. The summed E-state index contributed by atoms with van der Waals surface area (Å²) < 4.78 is 32.8. The van der Waals surface area contributed by atoms with Crippen LogP contribution in [0.4, 0.5) is 8.78 Å². The highest BCUT2D eigenvalue weighted by Gasteiger charge is 2.33. The van der Waals surface area contributed by atoms with E-state index >= 15 is 0 Å². The molecule has 0 saturated heterocycles. The van der Waals surface area contributed by atoms with Gasteiger partial charge in [0.15, 0.2) is 11.6 Å². The zero-order valence-corrected chi connectivity index (χ0v) is 16.4. The van der Waals surface area contributed by atoms with Crippen molar-refractivity contribution >= 4 is 5.91 Å². The number of fused-ring (bicyclic) bond motifs is 1. The van der Waals surface area contributed by atoms with Crippen LogP contribution in [0.5, 0.6) is 11.5 Å². The van der Waals surface area contributed by atoms with Gasteiger partial charge in [-0.2, -0.15) is 0 Å². The van der Waals surface area contributed by atoms with Crippen molar-refractivity contribution in [1.82, 2.24) is 4.90 Å². The van der Waals surface area contributed by atoms with Crippen molar-refractivity contribution in [3.05, 3.63) is 59.2 Å². The normalized spacial score (nSPS) is 22.4. The molecule has 154 valence electrons. The Morgan fingerprint density at radius 2 is 1.93 bits per heavy atom. The maximum absolute atomic E-state index is 13.6. The molecule has 2 aromatic rings. The molecule has 0 radical (unpaired) electrons. The third kappa shape index (κ3) is 4.21. The predicted octanol–water partition coefficient (Wildman–Crippen LogP) is 4.90. The van der Waals surface area contributed by atoms with Crippen LogP contribution in [-0.4, -0.2) is 28.6 Å². The molecule has 1 atom stereocenters. The Hall–Kier alpha value is -2.63. The monoisotopic (exact) mass is 401 g/mol. The average Bonchev–Trinajstić information content (AvgIpc) is 2.97. The van der Waals surface area contributed by atoms with Gasteiger partial charge in [-0.15, -0.1) is 0 Å². The number of rotatable bonds is 5. The molecule has 1 unspecified atom stereocenters. The van der Waals surface area contributed by atoms with E-state index in [-0.39, 0.29) is 17.8 Å². The third-order valence-corrected chi connectivity index (χ3v) is 6.20. The van der Waals surface area contributed by atoms with E-state index in [0.717, 1.165) is 25.7 Å². The molecule has 1 saturated carbocycles. The minimum Gasteiger partial charge on any atom is -0.505 e. The van der Waals surface area contributed by atoms with Crippen LogP contribution in [0.15, 0.2) is 36.4 Å². The fourth-order valence-electron chi connectivity index (χ4n) is 4.53. The molecular weight excluding hydrogens is 376 g/mol. The smallest absolute Gasteiger partial charge is 0.254 e. The first kappa shape index (κ1) is 19.7. The van der Waals surface area contributed by atoms with Crippen molar-refractivity contribution in [2.75, 3.05) is 6.54 Å². The largest absolute Gasteiger partial charge is 0.505 e. The van der Waals surface area contributed by atoms with Gasteiger partial charge >= 0.3 is 0 Å². The van der Waals surface area contributed by atoms with E-state index in [1.54, 1.807) is 17.0 Å². The summed E-state index contributed by atoms with van der Waals surface area (Å²) in [6, 6.07) is 8.70. The van der Waals surface area contributed by atoms with Crippen LogP contribution < -0.4 is 4.74 Å². The lowest BCUT2D eigenvalue weighted by molar-refractivity contribution is 0.0685. The molecule has 4 rings (SSSR count). The van der Waals surface area contributed by atoms with E-state index in [4.69, 9.17) is 4.74 Å². The van der Waals surface area contributed by atoms with Crippen molar-refractivity contribution < 1.29 is 23.4 Å². The Morgan fingerprint density at radius 3 is 2.66 bits per heavy atom. The van der Waals surface area contributed by atoms with Gasteiger partial charge < -0.3 is 14.7 Å². The number of ether oxygens (including phenoxy) is 1. The molecule has 1 N–H and O–H groups in total. The molecule has 2 aromatic carbocycles. The predicted molar refractivity (Wildman–Crippen MR) is 105 cm³/mol. The van der Waals surface area contributed by atoms with Crippen molar-refractivity contribution in [2.45, 2.75) is 45.3 Å². The number of amides is 1. The van der Waals surface area contributed by atoms with Gasteiger partial charge in [-0.05, 0) is 74.3 Å². The van der Waals surface area contributed by atoms with Crippen molar-refractivity contribution in [3.63, 3.8) is 0 Å². The Bertz CT molecular complexity index is 909. The van der Waals surface area contributed by atoms with E-state index < -0.39 is 11.6 Å². The van der Waals surface area contributed by atoms with Gasteiger partial charge in [0.2, 0.25) is 0 Å². The second-order valence-electron chi connectivity index (χ2n) is 8.21. The number of nitrogens with zero attached hydrogens (tertiary/aromatic N) is 1. The number of phenols is 1. The van der Waals surface area contributed by atoms with Gasteiger partial charge in [-0.1, -0.05) is 6.07 Å². The molecule has 2 aliphatic rings. The van der Waals surface area contributed by atoms with Crippen LogP contribution in [0.2, 0.25) is 0 Å². The van der Waals surface area contributed by atoms with E-state index in [1.165, 1.54) is 24.3 Å². The second-order valence-corrected chi connectivity index (χ2v) is 8.21. The van der Waals surface area contributed by atoms with Crippen LogP contribution in [0.25, 0.3) is 0 Å². The van der Waals surface area contributed by atoms with E-state index in [9.17, 15) is 18.7 Å². The first-order valence-electron chi connectivity index (χ1n) is 10.1. The minimum absolute atomic E-state index is 0.00127. The Balaban J connectivity index is 1.30. The van der Waals surface area contributed by atoms with Gasteiger partial charge in [-0.25, -0.2) is 8.78 Å². The van der Waals surface area contributed by atoms with Gasteiger partial charge in [-0.3, -0.25) is 4.79 Å². The maximum Gasteiger partial charge on any atom is 0.254 e. The Kier molecular flexibility index (Phi) is 5.43. The molecule has 1 fully saturated rings. The number of phenolic OH excluding ortho intramolecular Hbond substituents is 1. The lowest BCUT2D eigenvalue weighted by Gasteiger charge is -2.34. The highest BCUT2D eigenvalue weighted by molar-refractivity contribution is 5.98. The van der Waals surface area contributed by atoms with E-state index in [1.807, 2.05) is 6.92 Å². The summed E-state index contributed by atoms with van der Waals surface area (Å²) >= 11 is 0. The second kappa shape index (κ2) is 8.01. The molecular formula is C23H25F2NO3. The van der Waals surface area contributed by atoms with E-state index in [2.05, 4.69) is 0 Å². The van der Waals surface area contributed by atoms with Crippen molar-refractivity contribution in [3.8, 4) is 11.5 Å². The average molecular weight is 401 g/mol. The molecule has 1 aliphatic heterocycles. The zero-order valence-electron chi connectivity index (χ0n) is 16.4. The first-order valence-corrected chi connectivity index (χ1v) is 10.1. The molecule has 1 amide bonds. The Morgan fingerprint density at radius 1 is 1.17 bits per heavy atom. The topological polar surface area (TPSA) is 49.8 Å². The number of hydrogen-bond donors (Lipinski definition) is 1. The lowest BCUT2D eigenvalue weighted by atomic mass is 9.79. The van der Waals surface area contributed by atoms with Crippen molar-refractivity contribution in [1.29, 1.82) is 0 Å². The number of carbonyl (C=O) groups excluding carboxylic acids is 1. The number of carbonyl (C=O) groups is 1. The maximum atomic E-state index is 13.6. The van der Waals surface area contributed by atoms with E-state index in [0.29, 0.717) is 41.8 Å². The Labute approximate surface area is 169 Å². The van der Waals surface area contributed by atoms with Gasteiger partial charge in [0.25, 0.3) is 5.91 Å². The van der Waals surface area contributed by atoms with Gasteiger partial charge in [0.1, 0.15) is 11.6 Å². The van der Waals surface area contributed by atoms with Crippen LogP contribution >= 0.6 is 0 Å². The fraction of sp³-hybridized carbons (Fsp3) is 0.435. The third-order valence-electron chi connectivity index (χ3n) is 6.20. The summed E-state index contributed by atoms with van der Waals surface area (Å²) in [5.74, 6) is -0.270. The van der Waals surface area contributed by atoms with Crippen LogP contribution in [0.3, 0.4) is 0 Å². The van der Waals surface area contributed by atoms with Gasteiger partial charge in [0.05, 0.1) is 6.10 Å². The zero-order chi connectivity index (χ0) is 20.5. The van der Waals surface area contributed by atoms with Crippen LogP contribution in [-0.2, 0) is 6.54 Å². The number of halogens is 2. The summed E-state index contributed by atoms with van der Waals surface area (Å²) in [5.41, 5.74) is 1.03. The van der Waals surface area contributed by atoms with Crippen molar-refractivity contribution in [2.24, 2.45) is 11.8 Å². The highest BCUT2D eigenvalue weighted by atomic mass is 19.1.